The third-order valence-corrected chi connectivity index (χ3v) is 5.11. The Morgan fingerprint density at radius 2 is 2.21 bits per heavy atom. The number of carbonyl (C=O) groups is 2. The predicted molar refractivity (Wildman–Crippen MR) is 102 cm³/mol. The van der Waals surface area contributed by atoms with Gasteiger partial charge >= 0.3 is 0 Å². The maximum atomic E-state index is 13.1. The number of aromatic nitrogens is 2. The average Bonchev–Trinajstić information content (AvgIpc) is 3.09. The molecule has 8 nitrogen and oxygen atoms in total. The van der Waals surface area contributed by atoms with Gasteiger partial charge in [0.05, 0.1) is 18.4 Å². The van der Waals surface area contributed by atoms with E-state index in [9.17, 15) is 14.0 Å². The molecule has 3 rings (SSSR count). The molecule has 1 atom stereocenters. The summed E-state index contributed by atoms with van der Waals surface area (Å²) in [6.07, 6.45) is 1.54. The molecule has 29 heavy (non-hydrogen) atoms. The minimum atomic E-state index is -0.677. The van der Waals surface area contributed by atoms with Gasteiger partial charge in [-0.05, 0) is 38.8 Å². The van der Waals surface area contributed by atoms with Gasteiger partial charge in [-0.25, -0.2) is 9.02 Å². The predicted octanol–water partition coefficient (Wildman–Crippen LogP) is 1.88. The van der Waals surface area contributed by atoms with Crippen molar-refractivity contribution in [2.24, 2.45) is 5.41 Å². The number of benzene rings is 1. The summed E-state index contributed by atoms with van der Waals surface area (Å²) in [5.41, 5.74) is 0.430. The molecule has 1 aromatic heterocycles. The van der Waals surface area contributed by atoms with Crippen LogP contribution in [0.3, 0.4) is 0 Å². The van der Waals surface area contributed by atoms with Crippen molar-refractivity contribution < 1.29 is 23.3 Å². The molecule has 2 amide bonds. The van der Waals surface area contributed by atoms with E-state index in [1.807, 2.05) is 6.92 Å². The van der Waals surface area contributed by atoms with Crippen LogP contribution in [0.5, 0.6) is 5.75 Å². The Morgan fingerprint density at radius 3 is 2.93 bits per heavy atom. The van der Waals surface area contributed by atoms with Crippen molar-refractivity contribution in [1.82, 2.24) is 20.5 Å². The third-order valence-electron chi connectivity index (χ3n) is 5.11. The van der Waals surface area contributed by atoms with Gasteiger partial charge in [-0.15, -0.1) is 0 Å². The highest BCUT2D eigenvalue weighted by molar-refractivity contribution is 5.84. The second-order valence-corrected chi connectivity index (χ2v) is 7.51. The minimum Gasteiger partial charge on any atom is -0.492 e. The zero-order chi connectivity index (χ0) is 20.9. The van der Waals surface area contributed by atoms with E-state index in [4.69, 9.17) is 4.74 Å². The van der Waals surface area contributed by atoms with E-state index in [2.05, 4.69) is 20.3 Å². The molecule has 156 valence electrons. The molecule has 1 fully saturated rings. The van der Waals surface area contributed by atoms with E-state index >= 15 is 0 Å². The molecular weight excluding hydrogens is 379 g/mol. The van der Waals surface area contributed by atoms with Crippen molar-refractivity contribution in [3.63, 3.8) is 0 Å². The van der Waals surface area contributed by atoms with Gasteiger partial charge in [0.2, 0.25) is 11.8 Å². The largest absolute Gasteiger partial charge is 0.492 e. The van der Waals surface area contributed by atoms with Gasteiger partial charge in [-0.2, -0.15) is 0 Å². The number of nitrogens with zero attached hydrogens (tertiary/aromatic N) is 3. The number of rotatable bonds is 7. The lowest BCUT2D eigenvalue weighted by molar-refractivity contribution is -0.140. The van der Waals surface area contributed by atoms with Crippen LogP contribution in [-0.4, -0.2) is 53.3 Å². The first-order chi connectivity index (χ1) is 13.9. The summed E-state index contributed by atoms with van der Waals surface area (Å²) in [6.45, 7) is 5.06. The quantitative estimate of drug-likeness (QED) is 0.708. The molecule has 0 saturated carbocycles. The first-order valence-electron chi connectivity index (χ1n) is 9.60. The molecule has 0 radical (unpaired) electrons. The standard InChI is InChI=1S/C20H25FN4O4/c1-14-17(24-29-23-14)12-18(26)25-9-4-7-20(2,13-25)19(27)22-8-10-28-16-6-3-5-15(21)11-16/h3,5-6,11H,4,7-10,12-13H2,1-2H3,(H,22,27). The van der Waals surface area contributed by atoms with E-state index in [1.54, 1.807) is 24.0 Å². The topological polar surface area (TPSA) is 97.6 Å². The van der Waals surface area contributed by atoms with E-state index in [0.29, 0.717) is 43.2 Å². The number of aryl methyl sites for hydroxylation is 1. The lowest BCUT2D eigenvalue weighted by atomic mass is 9.80. The van der Waals surface area contributed by atoms with Crippen LogP contribution in [0.1, 0.15) is 31.2 Å². The van der Waals surface area contributed by atoms with Crippen LogP contribution in [0, 0.1) is 18.2 Å². The molecule has 1 aliphatic heterocycles. The molecule has 1 saturated heterocycles. The summed E-state index contributed by atoms with van der Waals surface area (Å²) in [5.74, 6) is -0.186. The second-order valence-electron chi connectivity index (χ2n) is 7.51. The number of piperidine rings is 1. The number of halogens is 1. The first kappa shape index (κ1) is 20.8. The Balaban J connectivity index is 1.48. The summed E-state index contributed by atoms with van der Waals surface area (Å²) in [7, 11) is 0. The van der Waals surface area contributed by atoms with Gasteiger partial charge in [-0.1, -0.05) is 16.4 Å². The average molecular weight is 404 g/mol. The Bertz CT molecular complexity index is 872. The molecule has 1 unspecified atom stereocenters. The summed E-state index contributed by atoms with van der Waals surface area (Å²) >= 11 is 0. The van der Waals surface area contributed by atoms with Crippen molar-refractivity contribution in [2.45, 2.75) is 33.1 Å². The van der Waals surface area contributed by atoms with Crippen LogP contribution in [0.4, 0.5) is 4.39 Å². The van der Waals surface area contributed by atoms with Crippen LogP contribution < -0.4 is 10.1 Å². The highest BCUT2D eigenvalue weighted by Gasteiger charge is 2.39. The van der Waals surface area contributed by atoms with Gasteiger partial charge in [0.25, 0.3) is 0 Å². The van der Waals surface area contributed by atoms with Gasteiger partial charge in [-0.3, -0.25) is 9.59 Å². The van der Waals surface area contributed by atoms with Crippen molar-refractivity contribution in [1.29, 1.82) is 0 Å². The van der Waals surface area contributed by atoms with Gasteiger partial charge < -0.3 is 15.0 Å². The highest BCUT2D eigenvalue weighted by atomic mass is 19.1. The number of nitrogens with one attached hydrogen (secondary N) is 1. The summed E-state index contributed by atoms with van der Waals surface area (Å²) in [6, 6.07) is 5.85. The number of amides is 2. The molecule has 1 N–H and O–H groups in total. The fourth-order valence-electron chi connectivity index (χ4n) is 3.41. The molecule has 0 spiro atoms. The molecule has 9 heteroatoms. The molecule has 0 aliphatic carbocycles. The molecule has 2 aromatic rings. The molecule has 2 heterocycles. The maximum Gasteiger partial charge on any atom is 0.228 e. The van der Waals surface area contributed by atoms with Gasteiger partial charge in [0.1, 0.15) is 29.6 Å². The van der Waals surface area contributed by atoms with Crippen molar-refractivity contribution >= 4 is 11.8 Å². The Hall–Kier alpha value is -2.97. The van der Waals surface area contributed by atoms with Crippen LogP contribution in [0.2, 0.25) is 0 Å². The molecule has 1 aliphatic rings. The zero-order valence-corrected chi connectivity index (χ0v) is 16.6. The maximum absolute atomic E-state index is 13.1. The SMILES string of the molecule is Cc1nonc1CC(=O)N1CCCC(C)(C(=O)NCCOc2cccc(F)c2)C1. The number of hydrogen-bond acceptors (Lipinski definition) is 6. The van der Waals surface area contributed by atoms with E-state index in [-0.39, 0.29) is 30.7 Å². The molecule has 0 bridgehead atoms. The number of ether oxygens (including phenoxy) is 1. The fraction of sp³-hybridized carbons (Fsp3) is 0.500. The Kier molecular flexibility index (Phi) is 6.46. The molecule has 1 aromatic carbocycles. The number of likely N-dealkylation sites (tertiary alicyclic amines) is 1. The summed E-state index contributed by atoms with van der Waals surface area (Å²) < 4.78 is 23.2. The summed E-state index contributed by atoms with van der Waals surface area (Å²) in [5, 5.41) is 10.3. The smallest absolute Gasteiger partial charge is 0.228 e. The lowest BCUT2D eigenvalue weighted by Gasteiger charge is -2.39. The van der Waals surface area contributed by atoms with Crippen LogP contribution in [0.25, 0.3) is 0 Å². The molecular formula is C20H25FN4O4. The van der Waals surface area contributed by atoms with Crippen molar-refractivity contribution in [3.05, 3.63) is 41.5 Å². The van der Waals surface area contributed by atoms with E-state index < -0.39 is 5.41 Å². The lowest BCUT2D eigenvalue weighted by Crippen LogP contribution is -2.52. The number of hydrogen-bond donors (Lipinski definition) is 1. The van der Waals surface area contributed by atoms with Crippen molar-refractivity contribution in [2.75, 3.05) is 26.2 Å². The van der Waals surface area contributed by atoms with Gasteiger partial charge in [0, 0.05) is 19.2 Å². The normalized spacial score (nSPS) is 19.1. The Labute approximate surface area is 168 Å². The monoisotopic (exact) mass is 404 g/mol. The zero-order valence-electron chi connectivity index (χ0n) is 16.6. The third kappa shape index (κ3) is 5.30. The van der Waals surface area contributed by atoms with Gasteiger partial charge in [0.15, 0.2) is 0 Å². The van der Waals surface area contributed by atoms with Crippen LogP contribution in [0.15, 0.2) is 28.9 Å². The summed E-state index contributed by atoms with van der Waals surface area (Å²) in [4.78, 5) is 27.0. The Morgan fingerprint density at radius 1 is 1.38 bits per heavy atom. The van der Waals surface area contributed by atoms with Crippen LogP contribution in [-0.2, 0) is 16.0 Å². The minimum absolute atomic E-state index is 0.100. The van der Waals surface area contributed by atoms with E-state index in [1.165, 1.54) is 12.1 Å². The van der Waals surface area contributed by atoms with E-state index in [0.717, 1.165) is 6.42 Å². The second kappa shape index (κ2) is 9.02. The van der Waals surface area contributed by atoms with Crippen LogP contribution >= 0.6 is 0 Å². The first-order valence-corrected chi connectivity index (χ1v) is 9.60. The number of carbonyl (C=O) groups excluding carboxylic acids is 2. The fourth-order valence-corrected chi connectivity index (χ4v) is 3.41. The highest BCUT2D eigenvalue weighted by Crippen LogP contribution is 2.30. The van der Waals surface area contributed by atoms with Crippen molar-refractivity contribution in [3.8, 4) is 5.75 Å².